The maximum atomic E-state index is 5.37. The van der Waals surface area contributed by atoms with Gasteiger partial charge in [-0.1, -0.05) is 0 Å². The van der Waals surface area contributed by atoms with Gasteiger partial charge in [-0.25, -0.2) is 0 Å². The molecule has 2 fully saturated rings. The number of nitrogens with zero attached hydrogens (tertiary/aromatic N) is 1. The minimum atomic E-state index is 0.573. The van der Waals surface area contributed by atoms with E-state index in [0.717, 1.165) is 0 Å². The average molecular weight is 141 g/mol. The Morgan fingerprint density at radius 2 is 2.20 bits per heavy atom. The molecule has 10 heavy (non-hydrogen) atoms. The second-order valence-corrected chi connectivity index (χ2v) is 3.80. The van der Waals surface area contributed by atoms with E-state index in [0.29, 0.717) is 11.5 Å². The van der Waals surface area contributed by atoms with Crippen LogP contribution < -0.4 is 0 Å². The van der Waals surface area contributed by atoms with Gasteiger partial charge >= 0.3 is 0 Å². The summed E-state index contributed by atoms with van der Waals surface area (Å²) in [6.45, 7) is 2.51. The summed E-state index contributed by atoms with van der Waals surface area (Å²) in [6.07, 6.45) is 3.24. The van der Waals surface area contributed by atoms with Crippen LogP contribution >= 0.6 is 0 Å². The van der Waals surface area contributed by atoms with Crippen LogP contribution in [0.2, 0.25) is 0 Å². The normalized spacial score (nSPS) is 37.2. The van der Waals surface area contributed by atoms with Crippen molar-refractivity contribution < 1.29 is 4.74 Å². The Balaban J connectivity index is 1.93. The molecule has 0 bridgehead atoms. The van der Waals surface area contributed by atoms with Crippen molar-refractivity contribution in [3.63, 3.8) is 0 Å². The fourth-order valence-electron chi connectivity index (χ4n) is 2.43. The quantitative estimate of drug-likeness (QED) is 0.533. The Morgan fingerprint density at radius 1 is 1.50 bits per heavy atom. The Kier molecular flexibility index (Phi) is 1.29. The van der Waals surface area contributed by atoms with E-state index in [1.54, 1.807) is 0 Å². The van der Waals surface area contributed by atoms with Crippen molar-refractivity contribution in [1.82, 2.24) is 4.90 Å². The highest BCUT2D eigenvalue weighted by Crippen LogP contribution is 2.48. The van der Waals surface area contributed by atoms with Gasteiger partial charge in [0.2, 0.25) is 0 Å². The molecule has 2 heteroatoms. The number of ether oxygens (including phenoxy) is 1. The Bertz CT molecular complexity index is 138. The molecule has 0 aromatic rings. The first kappa shape index (κ1) is 6.62. The molecule has 2 rings (SSSR count). The molecule has 1 saturated heterocycles. The predicted molar refractivity (Wildman–Crippen MR) is 40.0 cm³/mol. The van der Waals surface area contributed by atoms with Gasteiger partial charge in [-0.15, -0.1) is 0 Å². The molecule has 2 nitrogen and oxygen atoms in total. The first-order valence-corrected chi connectivity index (χ1v) is 3.98. The van der Waals surface area contributed by atoms with Crippen LogP contribution in [0.1, 0.15) is 12.8 Å². The number of likely N-dealkylation sites (tertiary alicyclic amines) is 1. The standard InChI is InChI=1S/C8H15NO/c1-9-5-8(6-9)4-3-7(8)10-2/h7H,3-6H2,1-2H3. The first-order valence-electron chi connectivity index (χ1n) is 3.98. The van der Waals surface area contributed by atoms with Gasteiger partial charge < -0.3 is 9.64 Å². The van der Waals surface area contributed by atoms with E-state index in [9.17, 15) is 0 Å². The summed E-state index contributed by atoms with van der Waals surface area (Å²) >= 11 is 0. The van der Waals surface area contributed by atoms with E-state index in [4.69, 9.17) is 4.74 Å². The van der Waals surface area contributed by atoms with Crippen molar-refractivity contribution in [2.45, 2.75) is 18.9 Å². The van der Waals surface area contributed by atoms with E-state index >= 15 is 0 Å². The number of rotatable bonds is 1. The minimum Gasteiger partial charge on any atom is -0.381 e. The summed E-state index contributed by atoms with van der Waals surface area (Å²) < 4.78 is 5.37. The van der Waals surface area contributed by atoms with Crippen LogP contribution in [0.4, 0.5) is 0 Å². The highest BCUT2D eigenvalue weighted by molar-refractivity contribution is 5.06. The predicted octanol–water partition coefficient (Wildman–Crippen LogP) is 0.727. The highest BCUT2D eigenvalue weighted by atomic mass is 16.5. The summed E-state index contributed by atoms with van der Waals surface area (Å²) in [7, 11) is 4.01. The van der Waals surface area contributed by atoms with E-state index in [2.05, 4.69) is 11.9 Å². The molecule has 2 aliphatic rings. The monoisotopic (exact) mass is 141 g/mol. The van der Waals surface area contributed by atoms with E-state index in [1.807, 2.05) is 7.11 Å². The highest BCUT2D eigenvalue weighted by Gasteiger charge is 2.53. The molecular weight excluding hydrogens is 126 g/mol. The molecule has 0 radical (unpaired) electrons. The summed E-state index contributed by atoms with van der Waals surface area (Å²) in [5.41, 5.74) is 0.587. The maximum Gasteiger partial charge on any atom is 0.0652 e. The molecular formula is C8H15NO. The second kappa shape index (κ2) is 1.95. The van der Waals surface area contributed by atoms with Gasteiger partial charge in [-0.3, -0.25) is 0 Å². The molecule has 1 aliphatic carbocycles. The third-order valence-electron chi connectivity index (χ3n) is 3.04. The molecule has 0 N–H and O–H groups in total. The lowest BCUT2D eigenvalue weighted by molar-refractivity contribution is -0.164. The molecule has 0 amide bonds. The molecule has 1 spiro atoms. The van der Waals surface area contributed by atoms with Gasteiger partial charge in [0.1, 0.15) is 0 Å². The van der Waals surface area contributed by atoms with E-state index in [-0.39, 0.29) is 0 Å². The molecule has 1 aliphatic heterocycles. The molecule has 0 aromatic heterocycles. The van der Waals surface area contributed by atoms with E-state index < -0.39 is 0 Å². The van der Waals surface area contributed by atoms with Crippen molar-refractivity contribution in [1.29, 1.82) is 0 Å². The van der Waals surface area contributed by atoms with Gasteiger partial charge in [0.15, 0.2) is 0 Å². The van der Waals surface area contributed by atoms with Crippen molar-refractivity contribution in [2.75, 3.05) is 27.2 Å². The third-order valence-corrected chi connectivity index (χ3v) is 3.04. The molecule has 1 unspecified atom stereocenters. The fraction of sp³-hybridized carbons (Fsp3) is 1.00. The van der Waals surface area contributed by atoms with Gasteiger partial charge in [0, 0.05) is 25.6 Å². The third kappa shape index (κ3) is 0.663. The largest absolute Gasteiger partial charge is 0.381 e. The summed E-state index contributed by atoms with van der Waals surface area (Å²) in [5.74, 6) is 0. The SMILES string of the molecule is COC1CCC12CN(C)C2. The Labute approximate surface area is 62.2 Å². The van der Waals surface area contributed by atoms with Gasteiger partial charge in [-0.05, 0) is 19.9 Å². The zero-order chi connectivity index (χ0) is 7.19. The lowest BCUT2D eigenvalue weighted by Crippen LogP contribution is -2.65. The van der Waals surface area contributed by atoms with Crippen molar-refractivity contribution in [3.8, 4) is 0 Å². The summed E-state index contributed by atoms with van der Waals surface area (Å²) in [6, 6.07) is 0. The van der Waals surface area contributed by atoms with Crippen LogP contribution in [0, 0.1) is 5.41 Å². The molecule has 1 heterocycles. The van der Waals surface area contributed by atoms with Gasteiger partial charge in [0.05, 0.1) is 6.10 Å². The van der Waals surface area contributed by atoms with E-state index in [1.165, 1.54) is 25.9 Å². The number of hydrogen-bond donors (Lipinski definition) is 0. The van der Waals surface area contributed by atoms with Crippen LogP contribution in [0.15, 0.2) is 0 Å². The minimum absolute atomic E-state index is 0.573. The molecule has 1 atom stereocenters. The topological polar surface area (TPSA) is 12.5 Å². The van der Waals surface area contributed by atoms with Crippen LogP contribution in [-0.2, 0) is 4.74 Å². The van der Waals surface area contributed by atoms with Crippen LogP contribution in [0.3, 0.4) is 0 Å². The first-order chi connectivity index (χ1) is 4.77. The average Bonchev–Trinajstić information content (AvgIpc) is 1.79. The lowest BCUT2D eigenvalue weighted by Gasteiger charge is -2.59. The van der Waals surface area contributed by atoms with Gasteiger partial charge in [0.25, 0.3) is 0 Å². The Morgan fingerprint density at radius 3 is 2.50 bits per heavy atom. The van der Waals surface area contributed by atoms with Crippen LogP contribution in [0.5, 0.6) is 0 Å². The maximum absolute atomic E-state index is 5.37. The smallest absolute Gasteiger partial charge is 0.0652 e. The molecule has 1 saturated carbocycles. The fourth-order valence-corrected chi connectivity index (χ4v) is 2.43. The molecule has 58 valence electrons. The van der Waals surface area contributed by atoms with Crippen molar-refractivity contribution in [3.05, 3.63) is 0 Å². The second-order valence-electron chi connectivity index (χ2n) is 3.80. The summed E-state index contributed by atoms with van der Waals surface area (Å²) in [5, 5.41) is 0. The zero-order valence-electron chi connectivity index (χ0n) is 6.76. The van der Waals surface area contributed by atoms with Gasteiger partial charge in [-0.2, -0.15) is 0 Å². The van der Waals surface area contributed by atoms with Crippen LogP contribution in [-0.4, -0.2) is 38.3 Å². The number of hydrogen-bond acceptors (Lipinski definition) is 2. The van der Waals surface area contributed by atoms with Crippen molar-refractivity contribution in [2.24, 2.45) is 5.41 Å². The zero-order valence-corrected chi connectivity index (χ0v) is 6.76. The Hall–Kier alpha value is -0.0800. The van der Waals surface area contributed by atoms with Crippen molar-refractivity contribution >= 4 is 0 Å². The lowest BCUT2D eigenvalue weighted by atomic mass is 9.61. The van der Waals surface area contributed by atoms with Crippen LogP contribution in [0.25, 0.3) is 0 Å². The molecule has 0 aromatic carbocycles. The summed E-state index contributed by atoms with van der Waals surface area (Å²) in [4.78, 5) is 2.37. The number of methoxy groups -OCH3 is 1.